The molecule has 0 bridgehead atoms. The van der Waals surface area contributed by atoms with E-state index in [1.807, 2.05) is 4.90 Å². The second-order valence-corrected chi connectivity index (χ2v) is 12.0. The van der Waals surface area contributed by atoms with Crippen LogP contribution in [0.3, 0.4) is 0 Å². The maximum absolute atomic E-state index is 14.1. The molecule has 6 rings (SSSR count). The van der Waals surface area contributed by atoms with Gasteiger partial charge < -0.3 is 29.7 Å². The fourth-order valence-electron chi connectivity index (χ4n) is 5.90. The Morgan fingerprint density at radius 1 is 1.04 bits per heavy atom. The van der Waals surface area contributed by atoms with Gasteiger partial charge in [0.2, 0.25) is 5.91 Å². The normalized spacial score (nSPS) is 15.7. The molecule has 3 amide bonds. The molecule has 2 aliphatic heterocycles. The summed E-state index contributed by atoms with van der Waals surface area (Å²) < 4.78 is 49.3. The summed E-state index contributed by atoms with van der Waals surface area (Å²) in [7, 11) is 2.72. The second kappa shape index (κ2) is 13.8. The maximum atomic E-state index is 14.1. The van der Waals surface area contributed by atoms with Crippen LogP contribution in [0.15, 0.2) is 42.9 Å². The van der Waals surface area contributed by atoms with Crippen molar-refractivity contribution in [2.24, 2.45) is 13.0 Å². The van der Waals surface area contributed by atoms with Gasteiger partial charge in [0.15, 0.2) is 17.3 Å². The van der Waals surface area contributed by atoms with Gasteiger partial charge in [-0.1, -0.05) is 11.6 Å². The number of piperazine rings is 1. The van der Waals surface area contributed by atoms with Crippen molar-refractivity contribution in [3.8, 4) is 23.1 Å². The Morgan fingerprint density at radius 3 is 2.43 bits per heavy atom. The van der Waals surface area contributed by atoms with Gasteiger partial charge in [-0.3, -0.25) is 14.4 Å². The first-order valence-corrected chi connectivity index (χ1v) is 15.8. The molecule has 0 spiro atoms. The van der Waals surface area contributed by atoms with Crippen molar-refractivity contribution in [1.82, 2.24) is 44.4 Å². The molecule has 2 N–H and O–H groups in total. The lowest BCUT2D eigenvalue weighted by Gasteiger charge is -2.37. The summed E-state index contributed by atoms with van der Waals surface area (Å²) in [5.74, 6) is -1.03. The van der Waals surface area contributed by atoms with Crippen molar-refractivity contribution in [2.75, 3.05) is 51.7 Å². The number of imidazole rings is 1. The molecule has 2 aliphatic rings. The lowest BCUT2D eigenvalue weighted by molar-refractivity contribution is -0.141. The monoisotopic (exact) mass is 700 g/mol. The number of aromatic nitrogens is 6. The van der Waals surface area contributed by atoms with E-state index in [4.69, 9.17) is 16.3 Å². The summed E-state index contributed by atoms with van der Waals surface area (Å²) in [6.07, 6.45) is 0.370. The van der Waals surface area contributed by atoms with Gasteiger partial charge >= 0.3 is 12.2 Å². The van der Waals surface area contributed by atoms with E-state index in [9.17, 15) is 27.6 Å². The molecule has 0 radical (unpaired) electrons. The van der Waals surface area contributed by atoms with Crippen molar-refractivity contribution in [3.63, 3.8) is 0 Å². The number of nitrogens with one attached hydrogen (secondary N) is 2. The third kappa shape index (κ3) is 7.07. The zero-order valence-corrected chi connectivity index (χ0v) is 27.3. The molecule has 18 heteroatoms. The van der Waals surface area contributed by atoms with Gasteiger partial charge in [-0.2, -0.15) is 23.3 Å². The lowest BCUT2D eigenvalue weighted by atomic mass is 9.96. The van der Waals surface area contributed by atoms with Crippen LogP contribution in [0.4, 0.5) is 18.9 Å². The predicted octanol–water partition coefficient (Wildman–Crippen LogP) is 3.28. The van der Waals surface area contributed by atoms with Crippen molar-refractivity contribution >= 4 is 35.0 Å². The Hall–Kier alpha value is -5.03. The van der Waals surface area contributed by atoms with Gasteiger partial charge in [0.05, 0.1) is 35.2 Å². The number of carbonyl (C=O) groups is 3. The zero-order chi connectivity index (χ0) is 34.9. The van der Waals surface area contributed by atoms with Crippen LogP contribution in [-0.2, 0) is 18.0 Å². The molecule has 0 saturated carbocycles. The van der Waals surface area contributed by atoms with Crippen molar-refractivity contribution < 1.29 is 32.3 Å². The van der Waals surface area contributed by atoms with Crippen LogP contribution < -0.4 is 15.4 Å². The minimum absolute atomic E-state index is 0.00893. The fraction of sp³-hybridized carbons (Fsp3) is 0.387. The minimum atomic E-state index is -4.84. The zero-order valence-electron chi connectivity index (χ0n) is 26.5. The van der Waals surface area contributed by atoms with E-state index in [1.165, 1.54) is 49.2 Å². The molecule has 2 saturated heterocycles. The predicted molar refractivity (Wildman–Crippen MR) is 170 cm³/mol. The van der Waals surface area contributed by atoms with Crippen LogP contribution in [0, 0.1) is 5.92 Å². The average Bonchev–Trinajstić information content (AvgIpc) is 3.72. The number of ether oxygens (including phenoxy) is 1. The molecule has 2 fully saturated rings. The van der Waals surface area contributed by atoms with Crippen molar-refractivity contribution in [1.29, 1.82) is 0 Å². The third-order valence-electron chi connectivity index (χ3n) is 8.51. The highest BCUT2D eigenvalue weighted by atomic mass is 35.5. The number of rotatable bonds is 7. The van der Waals surface area contributed by atoms with Crippen molar-refractivity contribution in [2.45, 2.75) is 19.0 Å². The Labute approximate surface area is 283 Å². The minimum Gasteiger partial charge on any atom is -0.467 e. The van der Waals surface area contributed by atoms with E-state index in [2.05, 4.69) is 30.7 Å². The van der Waals surface area contributed by atoms with Gasteiger partial charge in [0.25, 0.3) is 11.8 Å². The largest absolute Gasteiger partial charge is 0.467 e. The van der Waals surface area contributed by atoms with Crippen LogP contribution in [0.2, 0.25) is 5.02 Å². The molecule has 3 aromatic heterocycles. The van der Waals surface area contributed by atoms with Gasteiger partial charge in [-0.25, -0.2) is 14.6 Å². The van der Waals surface area contributed by atoms with Crippen molar-refractivity contribution in [3.05, 3.63) is 65.0 Å². The first kappa shape index (κ1) is 33.9. The van der Waals surface area contributed by atoms with E-state index in [0.717, 1.165) is 43.0 Å². The molecule has 5 heterocycles. The first-order chi connectivity index (χ1) is 23.4. The fourth-order valence-corrected chi connectivity index (χ4v) is 6.16. The molecule has 1 aromatic carbocycles. The second-order valence-electron chi connectivity index (χ2n) is 11.6. The molecular weight excluding hydrogens is 669 g/mol. The number of nitrogens with zero attached hydrogens (tertiary/aromatic N) is 8. The quantitative estimate of drug-likeness (QED) is 0.296. The molecule has 0 unspecified atom stereocenters. The summed E-state index contributed by atoms with van der Waals surface area (Å²) in [6, 6.07) is 5.71. The highest BCUT2D eigenvalue weighted by Crippen LogP contribution is 2.37. The number of amides is 3. The molecule has 258 valence electrons. The van der Waals surface area contributed by atoms with E-state index in [-0.39, 0.29) is 62.9 Å². The van der Waals surface area contributed by atoms with E-state index >= 15 is 0 Å². The maximum Gasteiger partial charge on any atom is 0.435 e. The Bertz CT molecular complexity index is 1880. The molecular formula is C31H32ClF3N10O4. The average molecular weight is 701 g/mol. The van der Waals surface area contributed by atoms with Crippen LogP contribution in [0.1, 0.15) is 39.5 Å². The smallest absolute Gasteiger partial charge is 0.435 e. The number of piperidine rings is 1. The van der Waals surface area contributed by atoms with Crippen LogP contribution in [0.5, 0.6) is 6.01 Å². The number of halogens is 4. The Morgan fingerprint density at radius 2 is 1.76 bits per heavy atom. The van der Waals surface area contributed by atoms with E-state index in [1.54, 1.807) is 4.90 Å². The van der Waals surface area contributed by atoms with Gasteiger partial charge in [0, 0.05) is 63.3 Å². The number of carbonyl (C=O) groups excluding carboxylic acids is 3. The summed E-state index contributed by atoms with van der Waals surface area (Å²) in [6.45, 7) is 3.26. The number of hydrogen-bond donors (Lipinski definition) is 2. The topological polar surface area (TPSA) is 152 Å². The number of benzene rings is 1. The summed E-state index contributed by atoms with van der Waals surface area (Å²) in [5, 5.41) is 9.69. The highest BCUT2D eigenvalue weighted by molar-refractivity contribution is 6.34. The number of methoxy groups -OCH3 is 1. The van der Waals surface area contributed by atoms with Crippen LogP contribution in [0.25, 0.3) is 17.1 Å². The van der Waals surface area contributed by atoms with E-state index < -0.39 is 17.8 Å². The van der Waals surface area contributed by atoms with Gasteiger partial charge in [-0.15, -0.1) is 0 Å². The third-order valence-corrected chi connectivity index (χ3v) is 8.82. The van der Waals surface area contributed by atoms with Gasteiger partial charge in [0.1, 0.15) is 0 Å². The molecule has 0 aliphatic carbocycles. The highest BCUT2D eigenvalue weighted by Gasteiger charge is 2.39. The number of hydrogen-bond acceptors (Lipinski definition) is 9. The number of anilines is 1. The Balaban J connectivity index is 1.14. The summed E-state index contributed by atoms with van der Waals surface area (Å²) in [4.78, 5) is 54.8. The Kier molecular flexibility index (Phi) is 9.56. The molecule has 14 nitrogen and oxygen atoms in total. The molecule has 0 atom stereocenters. The standard InChI is InChI=1S/C31H32ClF3N10O4/c1-42-23(21-17-45(41-25(21)31(33,34)35)24-7-10-37-30(40-24)49-2)16-38-26(42)27(46)39-19-3-4-20(22(32)15-19)29(48)44-13-11-43(12-14-44)28(47)18-5-8-36-9-6-18/h3-4,7,10,15-18,36H,5-6,8-9,11-14H2,1-2H3,(H,39,46). The summed E-state index contributed by atoms with van der Waals surface area (Å²) in [5.41, 5.74) is -1.09. The SMILES string of the molecule is COc1nccc(-n2cc(-c3cnc(C(=O)Nc4ccc(C(=O)N5CCN(C(=O)C6CCNCC6)CC5)c(Cl)c4)n3C)c(C(F)(F)F)n2)n1. The molecule has 49 heavy (non-hydrogen) atoms. The van der Waals surface area contributed by atoms with Crippen LogP contribution in [-0.4, -0.2) is 103 Å². The summed E-state index contributed by atoms with van der Waals surface area (Å²) >= 11 is 6.48. The lowest BCUT2D eigenvalue weighted by Crippen LogP contribution is -2.52. The first-order valence-electron chi connectivity index (χ1n) is 15.4. The molecule has 4 aromatic rings. The van der Waals surface area contributed by atoms with Gasteiger partial charge in [-0.05, 0) is 44.1 Å². The van der Waals surface area contributed by atoms with E-state index in [0.29, 0.717) is 26.2 Å². The van der Waals surface area contributed by atoms with Crippen LogP contribution >= 0.6 is 11.6 Å². The number of alkyl halides is 3.